The standard InChI is InChI=1S/C20H23F2N3O4/c21-20(22)9-7-14(8-10-20)25-29-19-23-17(27)16-13(6-5-12-3-1-2-4-12)11-15(26)28-18(16)24-19/h11-12H,1-10H2,(H,23,24,27). The highest BCUT2D eigenvalue weighted by Gasteiger charge is 2.33. The number of fused-ring (bicyclic) bond motifs is 1. The first-order valence-electron chi connectivity index (χ1n) is 10.1. The van der Waals surface area contributed by atoms with E-state index in [1.165, 1.54) is 31.7 Å². The molecule has 0 saturated heterocycles. The molecule has 0 unspecified atom stereocenters. The summed E-state index contributed by atoms with van der Waals surface area (Å²) in [6.45, 7) is 0. The zero-order valence-electron chi connectivity index (χ0n) is 16.0. The van der Waals surface area contributed by atoms with E-state index >= 15 is 0 Å². The van der Waals surface area contributed by atoms with E-state index in [9.17, 15) is 18.4 Å². The van der Waals surface area contributed by atoms with E-state index in [-0.39, 0.29) is 42.8 Å². The van der Waals surface area contributed by atoms with Crippen molar-refractivity contribution in [3.05, 3.63) is 32.4 Å². The van der Waals surface area contributed by atoms with Gasteiger partial charge in [-0.2, -0.15) is 4.98 Å². The van der Waals surface area contributed by atoms with Gasteiger partial charge in [-0.1, -0.05) is 30.8 Å². The molecule has 0 spiro atoms. The molecule has 0 amide bonds. The number of hydrogen-bond acceptors (Lipinski definition) is 6. The second-order valence-corrected chi connectivity index (χ2v) is 7.94. The Hall–Kier alpha value is -2.58. The molecule has 1 N–H and O–H groups in total. The number of aromatic nitrogens is 2. The zero-order chi connectivity index (χ0) is 20.4. The van der Waals surface area contributed by atoms with E-state index in [4.69, 9.17) is 9.25 Å². The summed E-state index contributed by atoms with van der Waals surface area (Å²) in [6, 6.07) is 1.11. The number of nitrogens with zero attached hydrogens (tertiary/aromatic N) is 2. The molecular formula is C20H23F2N3O4. The van der Waals surface area contributed by atoms with E-state index in [2.05, 4.69) is 15.1 Å². The average molecular weight is 407 g/mol. The molecule has 2 aromatic rings. The van der Waals surface area contributed by atoms with E-state index in [1.54, 1.807) is 0 Å². The molecule has 9 heteroatoms. The van der Waals surface area contributed by atoms with Gasteiger partial charge in [-0.25, -0.2) is 13.6 Å². The number of H-pyrrole nitrogens is 1. The molecule has 2 aliphatic rings. The van der Waals surface area contributed by atoms with Crippen molar-refractivity contribution < 1.29 is 18.0 Å². The normalized spacial score (nSPS) is 19.6. The summed E-state index contributed by atoms with van der Waals surface area (Å²) in [6.07, 6.45) is 6.00. The van der Waals surface area contributed by atoms with Crippen LogP contribution in [0.2, 0.25) is 0 Å². The van der Waals surface area contributed by atoms with Crippen LogP contribution >= 0.6 is 0 Å². The van der Waals surface area contributed by atoms with Gasteiger partial charge in [0, 0.05) is 18.9 Å². The van der Waals surface area contributed by atoms with Gasteiger partial charge >= 0.3 is 11.6 Å². The summed E-state index contributed by atoms with van der Waals surface area (Å²) in [7, 11) is 0. The number of alkyl halides is 2. The SMILES string of the molecule is O=c1cc(CCC2CCCC2)c2c(=O)[nH]c(ON=C3CCC(F)(F)CC3)nc2o1. The van der Waals surface area contributed by atoms with Crippen molar-refractivity contribution in [1.29, 1.82) is 0 Å². The fraction of sp³-hybridized carbons (Fsp3) is 0.600. The van der Waals surface area contributed by atoms with Gasteiger partial charge in [-0.15, -0.1) is 0 Å². The van der Waals surface area contributed by atoms with Gasteiger partial charge in [0.2, 0.25) is 11.6 Å². The van der Waals surface area contributed by atoms with Crippen molar-refractivity contribution in [1.82, 2.24) is 9.97 Å². The Morgan fingerprint density at radius 1 is 1.24 bits per heavy atom. The summed E-state index contributed by atoms with van der Waals surface area (Å²) >= 11 is 0. The third kappa shape index (κ3) is 4.71. The van der Waals surface area contributed by atoms with Crippen LogP contribution in [0.1, 0.15) is 63.4 Å². The lowest BCUT2D eigenvalue weighted by molar-refractivity contribution is -0.0185. The quantitative estimate of drug-likeness (QED) is 0.757. The first-order valence-corrected chi connectivity index (χ1v) is 10.1. The van der Waals surface area contributed by atoms with Crippen LogP contribution in [-0.4, -0.2) is 21.6 Å². The van der Waals surface area contributed by atoms with Crippen molar-refractivity contribution in [3.63, 3.8) is 0 Å². The van der Waals surface area contributed by atoms with Crippen LogP contribution in [0.25, 0.3) is 11.1 Å². The predicted molar refractivity (Wildman–Crippen MR) is 103 cm³/mol. The van der Waals surface area contributed by atoms with Gasteiger partial charge in [0.25, 0.3) is 5.56 Å². The van der Waals surface area contributed by atoms with Crippen LogP contribution in [0.15, 0.2) is 25.2 Å². The lowest BCUT2D eigenvalue weighted by atomic mass is 9.95. The molecule has 4 rings (SSSR count). The maximum absolute atomic E-state index is 13.2. The zero-order valence-corrected chi connectivity index (χ0v) is 16.0. The first-order chi connectivity index (χ1) is 13.9. The second kappa shape index (κ2) is 8.04. The Bertz CT molecular complexity index is 1030. The molecule has 2 fully saturated rings. The summed E-state index contributed by atoms with van der Waals surface area (Å²) in [5.74, 6) is -2.06. The first kappa shape index (κ1) is 19.7. The third-order valence-corrected chi connectivity index (χ3v) is 5.79. The van der Waals surface area contributed by atoms with Crippen molar-refractivity contribution in [3.8, 4) is 6.01 Å². The van der Waals surface area contributed by atoms with Gasteiger partial charge < -0.3 is 9.25 Å². The maximum Gasteiger partial charge on any atom is 0.337 e. The minimum atomic E-state index is -2.67. The molecule has 2 heterocycles. The molecule has 2 aromatic heterocycles. The van der Waals surface area contributed by atoms with E-state index in [1.807, 2.05) is 0 Å². The Morgan fingerprint density at radius 3 is 2.69 bits per heavy atom. The van der Waals surface area contributed by atoms with Gasteiger partial charge in [-0.3, -0.25) is 9.78 Å². The molecule has 29 heavy (non-hydrogen) atoms. The largest absolute Gasteiger partial charge is 0.403 e. The highest BCUT2D eigenvalue weighted by Crippen LogP contribution is 2.32. The molecular weight excluding hydrogens is 384 g/mol. The Kier molecular flexibility index (Phi) is 5.47. The topological polar surface area (TPSA) is 97.5 Å². The van der Waals surface area contributed by atoms with E-state index < -0.39 is 17.1 Å². The van der Waals surface area contributed by atoms with Crippen LogP contribution < -0.4 is 16.0 Å². The Morgan fingerprint density at radius 2 is 1.97 bits per heavy atom. The maximum atomic E-state index is 13.2. The minimum Gasteiger partial charge on any atom is -0.403 e. The second-order valence-electron chi connectivity index (χ2n) is 7.94. The fourth-order valence-corrected chi connectivity index (χ4v) is 4.13. The summed E-state index contributed by atoms with van der Waals surface area (Å²) in [5, 5.41) is 4.07. The Balaban J connectivity index is 1.55. The summed E-state index contributed by atoms with van der Waals surface area (Å²) in [5.41, 5.74) is -0.0721. The number of aromatic amines is 1. The number of oxime groups is 1. The predicted octanol–water partition coefficient (Wildman–Crippen LogP) is 3.94. The van der Waals surface area contributed by atoms with Crippen LogP contribution in [0.5, 0.6) is 6.01 Å². The Labute approximate surface area is 165 Å². The molecule has 0 aliphatic heterocycles. The summed E-state index contributed by atoms with van der Waals surface area (Å²) < 4.78 is 31.5. The van der Waals surface area contributed by atoms with E-state index in [0.717, 1.165) is 6.42 Å². The number of aryl methyl sites for hydroxylation is 1. The lowest BCUT2D eigenvalue weighted by Crippen LogP contribution is -2.25. The van der Waals surface area contributed by atoms with Gasteiger partial charge in [0.05, 0.1) is 5.71 Å². The van der Waals surface area contributed by atoms with Crippen molar-refractivity contribution in [2.24, 2.45) is 11.1 Å². The van der Waals surface area contributed by atoms with Crippen molar-refractivity contribution in [2.75, 3.05) is 0 Å². The number of halogens is 2. The molecule has 7 nitrogen and oxygen atoms in total. The number of nitrogens with one attached hydrogen (secondary N) is 1. The highest BCUT2D eigenvalue weighted by atomic mass is 19.3. The van der Waals surface area contributed by atoms with Crippen LogP contribution in [-0.2, 0) is 6.42 Å². The van der Waals surface area contributed by atoms with Gasteiger partial charge in [0.1, 0.15) is 5.39 Å². The molecule has 2 saturated carbocycles. The molecule has 0 bridgehead atoms. The number of rotatable bonds is 5. The van der Waals surface area contributed by atoms with Gasteiger partial charge in [-0.05, 0) is 37.2 Å². The monoisotopic (exact) mass is 407 g/mol. The van der Waals surface area contributed by atoms with Crippen molar-refractivity contribution in [2.45, 2.75) is 70.1 Å². The molecule has 156 valence electrons. The van der Waals surface area contributed by atoms with Gasteiger partial charge in [0.15, 0.2) is 0 Å². The molecule has 0 radical (unpaired) electrons. The number of hydrogen-bond donors (Lipinski definition) is 1. The lowest BCUT2D eigenvalue weighted by Gasteiger charge is -2.21. The highest BCUT2D eigenvalue weighted by molar-refractivity contribution is 5.84. The van der Waals surface area contributed by atoms with Crippen LogP contribution in [0.4, 0.5) is 8.78 Å². The smallest absolute Gasteiger partial charge is 0.337 e. The third-order valence-electron chi connectivity index (χ3n) is 5.79. The minimum absolute atomic E-state index is 0.104. The summed E-state index contributed by atoms with van der Waals surface area (Å²) in [4.78, 5) is 36.2. The van der Waals surface area contributed by atoms with Crippen LogP contribution in [0.3, 0.4) is 0 Å². The van der Waals surface area contributed by atoms with Crippen LogP contribution in [0, 0.1) is 5.92 Å². The fourth-order valence-electron chi connectivity index (χ4n) is 4.13. The average Bonchev–Trinajstić information content (AvgIpc) is 3.18. The molecule has 0 aromatic carbocycles. The van der Waals surface area contributed by atoms with E-state index in [0.29, 0.717) is 23.6 Å². The molecule has 2 aliphatic carbocycles. The van der Waals surface area contributed by atoms with Crippen molar-refractivity contribution >= 4 is 16.8 Å². The molecule has 0 atom stereocenters.